The zero-order valence-corrected chi connectivity index (χ0v) is 14.5. The Labute approximate surface area is 138 Å². The van der Waals surface area contributed by atoms with E-state index in [9.17, 15) is 13.2 Å². The van der Waals surface area contributed by atoms with E-state index in [0.717, 1.165) is 44.2 Å². The zero-order chi connectivity index (χ0) is 16.6. The lowest BCUT2D eigenvalue weighted by atomic mass is 10.0. The summed E-state index contributed by atoms with van der Waals surface area (Å²) in [6.45, 7) is 4.66. The van der Waals surface area contributed by atoms with E-state index >= 15 is 0 Å². The van der Waals surface area contributed by atoms with Crippen LogP contribution < -0.4 is 4.72 Å². The molecule has 1 aliphatic carbocycles. The van der Waals surface area contributed by atoms with Gasteiger partial charge in [0.15, 0.2) is 0 Å². The summed E-state index contributed by atoms with van der Waals surface area (Å²) < 4.78 is 27.4. The van der Waals surface area contributed by atoms with Crippen molar-refractivity contribution in [1.82, 2.24) is 9.62 Å². The van der Waals surface area contributed by atoms with Crippen LogP contribution in [-0.2, 0) is 10.0 Å². The molecule has 1 heterocycles. The van der Waals surface area contributed by atoms with Crippen molar-refractivity contribution in [1.29, 1.82) is 0 Å². The van der Waals surface area contributed by atoms with Gasteiger partial charge in [0.1, 0.15) is 0 Å². The molecule has 0 aromatic heterocycles. The van der Waals surface area contributed by atoms with Gasteiger partial charge in [0, 0.05) is 24.2 Å². The molecule has 1 aliphatic heterocycles. The molecule has 1 N–H and O–H groups in total. The van der Waals surface area contributed by atoms with Gasteiger partial charge in [-0.2, -0.15) is 0 Å². The van der Waals surface area contributed by atoms with Gasteiger partial charge in [0.25, 0.3) is 5.91 Å². The first kappa shape index (κ1) is 16.5. The number of hydrogen-bond donors (Lipinski definition) is 1. The van der Waals surface area contributed by atoms with Crippen LogP contribution in [0.3, 0.4) is 0 Å². The Balaban J connectivity index is 1.89. The zero-order valence-electron chi connectivity index (χ0n) is 13.7. The molecule has 1 aromatic carbocycles. The molecule has 2 aliphatic rings. The monoisotopic (exact) mass is 336 g/mol. The smallest absolute Gasteiger partial charge is 0.254 e. The Morgan fingerprint density at radius 3 is 2.61 bits per heavy atom. The van der Waals surface area contributed by atoms with E-state index in [4.69, 9.17) is 0 Å². The number of nitrogens with zero attached hydrogens (tertiary/aromatic N) is 1. The fourth-order valence-corrected chi connectivity index (χ4v) is 4.37. The Morgan fingerprint density at radius 1 is 1.22 bits per heavy atom. The van der Waals surface area contributed by atoms with Crippen LogP contribution in [0.15, 0.2) is 23.1 Å². The van der Waals surface area contributed by atoms with Crippen molar-refractivity contribution in [2.75, 3.05) is 6.54 Å². The maximum atomic E-state index is 12.9. The van der Waals surface area contributed by atoms with Crippen LogP contribution in [0.25, 0.3) is 0 Å². The van der Waals surface area contributed by atoms with Crippen LogP contribution in [-0.4, -0.2) is 37.9 Å². The number of carbonyl (C=O) groups excluding carboxylic acids is 1. The lowest BCUT2D eigenvalue weighted by Crippen LogP contribution is -2.42. The minimum atomic E-state index is -3.53. The first-order valence-electron chi connectivity index (χ1n) is 8.32. The van der Waals surface area contributed by atoms with Crippen LogP contribution >= 0.6 is 0 Å². The first-order valence-corrected chi connectivity index (χ1v) is 9.81. The molecule has 23 heavy (non-hydrogen) atoms. The Hall–Kier alpha value is -1.40. The van der Waals surface area contributed by atoms with Crippen molar-refractivity contribution in [2.45, 2.75) is 62.9 Å². The van der Waals surface area contributed by atoms with E-state index in [1.807, 2.05) is 11.8 Å². The predicted octanol–water partition coefficient (Wildman–Crippen LogP) is 2.45. The van der Waals surface area contributed by atoms with E-state index in [-0.39, 0.29) is 22.9 Å². The molecule has 1 unspecified atom stereocenters. The second kappa shape index (κ2) is 6.24. The number of nitrogens with one attached hydrogen (secondary N) is 1. The molecule has 1 saturated heterocycles. The Morgan fingerprint density at radius 2 is 1.96 bits per heavy atom. The van der Waals surface area contributed by atoms with E-state index in [2.05, 4.69) is 11.6 Å². The number of sulfonamides is 1. The summed E-state index contributed by atoms with van der Waals surface area (Å²) in [6.07, 6.45) is 4.94. The van der Waals surface area contributed by atoms with Crippen molar-refractivity contribution in [3.8, 4) is 0 Å². The van der Waals surface area contributed by atoms with E-state index in [1.165, 1.54) is 6.07 Å². The molecule has 6 heteroatoms. The molecule has 1 aromatic rings. The van der Waals surface area contributed by atoms with Gasteiger partial charge in [0.2, 0.25) is 10.0 Å². The van der Waals surface area contributed by atoms with Gasteiger partial charge in [-0.1, -0.05) is 6.07 Å². The average Bonchev–Trinajstić information content (AvgIpc) is 3.30. The number of rotatable bonds is 4. The number of hydrogen-bond acceptors (Lipinski definition) is 3. The molecule has 1 saturated carbocycles. The van der Waals surface area contributed by atoms with Crippen molar-refractivity contribution < 1.29 is 13.2 Å². The molecule has 3 rings (SSSR count). The van der Waals surface area contributed by atoms with Gasteiger partial charge in [-0.25, -0.2) is 13.1 Å². The summed E-state index contributed by atoms with van der Waals surface area (Å²) >= 11 is 0. The fourth-order valence-electron chi connectivity index (χ4n) is 3.04. The predicted molar refractivity (Wildman–Crippen MR) is 88.9 cm³/mol. The number of benzene rings is 1. The summed E-state index contributed by atoms with van der Waals surface area (Å²) in [5.74, 6) is -0.0572. The minimum Gasteiger partial charge on any atom is -0.336 e. The summed E-state index contributed by atoms with van der Waals surface area (Å²) in [6, 6.07) is 5.10. The van der Waals surface area contributed by atoms with Gasteiger partial charge in [-0.15, -0.1) is 0 Å². The van der Waals surface area contributed by atoms with E-state index in [1.54, 1.807) is 12.1 Å². The third-order valence-corrected chi connectivity index (χ3v) is 6.23. The van der Waals surface area contributed by atoms with Gasteiger partial charge in [0.05, 0.1) is 4.90 Å². The highest BCUT2D eigenvalue weighted by Crippen LogP contribution is 2.25. The second-order valence-electron chi connectivity index (χ2n) is 6.72. The third-order valence-electron chi connectivity index (χ3n) is 4.71. The van der Waals surface area contributed by atoms with Crippen LogP contribution in [0, 0.1) is 6.92 Å². The molecule has 0 radical (unpaired) electrons. The third kappa shape index (κ3) is 3.58. The van der Waals surface area contributed by atoms with Crippen molar-refractivity contribution in [3.63, 3.8) is 0 Å². The number of amides is 1. The van der Waals surface area contributed by atoms with Gasteiger partial charge >= 0.3 is 0 Å². The van der Waals surface area contributed by atoms with Crippen molar-refractivity contribution in [2.24, 2.45) is 0 Å². The molecule has 2 fully saturated rings. The maximum Gasteiger partial charge on any atom is 0.254 e. The molecular formula is C17H24N2O3S. The van der Waals surface area contributed by atoms with Crippen LogP contribution in [0.4, 0.5) is 0 Å². The lowest BCUT2D eigenvalue weighted by molar-refractivity contribution is 0.0634. The highest BCUT2D eigenvalue weighted by atomic mass is 32.2. The highest BCUT2D eigenvalue weighted by molar-refractivity contribution is 7.89. The second-order valence-corrected chi connectivity index (χ2v) is 8.43. The van der Waals surface area contributed by atoms with Crippen molar-refractivity contribution in [3.05, 3.63) is 29.3 Å². The molecular weight excluding hydrogens is 312 g/mol. The summed E-state index contributed by atoms with van der Waals surface area (Å²) in [5.41, 5.74) is 1.32. The largest absolute Gasteiger partial charge is 0.336 e. The van der Waals surface area contributed by atoms with E-state index in [0.29, 0.717) is 5.56 Å². The molecule has 126 valence electrons. The number of likely N-dealkylation sites (tertiary alicyclic amines) is 1. The fraction of sp³-hybridized carbons (Fsp3) is 0.588. The maximum absolute atomic E-state index is 12.9. The topological polar surface area (TPSA) is 66.5 Å². The minimum absolute atomic E-state index is 0.0572. The molecule has 5 nitrogen and oxygen atoms in total. The molecule has 0 bridgehead atoms. The molecule has 0 spiro atoms. The lowest BCUT2D eigenvalue weighted by Gasteiger charge is -2.34. The number of carbonyl (C=O) groups is 1. The molecule has 1 atom stereocenters. The number of aryl methyl sites for hydroxylation is 1. The van der Waals surface area contributed by atoms with Crippen LogP contribution in [0.1, 0.15) is 54.9 Å². The van der Waals surface area contributed by atoms with E-state index < -0.39 is 10.0 Å². The number of piperidine rings is 1. The quantitative estimate of drug-likeness (QED) is 0.918. The summed E-state index contributed by atoms with van der Waals surface area (Å²) in [5, 5.41) is 0. The first-order chi connectivity index (χ1) is 10.9. The molecule has 1 amide bonds. The van der Waals surface area contributed by atoms with Crippen LogP contribution in [0.5, 0.6) is 0 Å². The van der Waals surface area contributed by atoms with Gasteiger partial charge in [-0.3, -0.25) is 4.79 Å². The average molecular weight is 336 g/mol. The van der Waals surface area contributed by atoms with Crippen LogP contribution in [0.2, 0.25) is 0 Å². The van der Waals surface area contributed by atoms with Crippen molar-refractivity contribution >= 4 is 15.9 Å². The Bertz CT molecular complexity index is 711. The van der Waals surface area contributed by atoms with Gasteiger partial charge < -0.3 is 4.90 Å². The highest BCUT2D eigenvalue weighted by Gasteiger charge is 2.30. The SMILES string of the molecule is Cc1ccc(S(=O)(=O)NC2CC2)cc1C(=O)N1CCCCC1C. The van der Waals surface area contributed by atoms with Gasteiger partial charge in [-0.05, 0) is 63.6 Å². The normalized spacial score (nSPS) is 22.2. The Kier molecular flexibility index (Phi) is 4.47. The summed E-state index contributed by atoms with van der Waals surface area (Å²) in [7, 11) is -3.53. The summed E-state index contributed by atoms with van der Waals surface area (Å²) in [4.78, 5) is 14.9. The standard InChI is InChI=1S/C17H24N2O3S/c1-12-6-9-15(23(21,22)18-14-7-8-14)11-16(12)17(20)19-10-4-3-5-13(19)2/h6,9,11,13-14,18H,3-5,7-8,10H2,1-2H3.